The van der Waals surface area contributed by atoms with Crippen molar-refractivity contribution in [2.24, 2.45) is 5.41 Å². The van der Waals surface area contributed by atoms with E-state index in [0.29, 0.717) is 37.9 Å². The maximum Gasteiger partial charge on any atom is 0.305 e. The van der Waals surface area contributed by atoms with E-state index in [2.05, 4.69) is 0 Å². The third kappa shape index (κ3) is 3.08. The molecule has 148 valence electrons. The Kier molecular flexibility index (Phi) is 5.31. The fraction of sp³-hybridized carbons (Fsp3) is 0.450. The standard InChI is InChI=1S/C20H22N2O6/c1-3-20(11-9-15(23)28-2)10-6-12-21-18(20)16(17(24)19(21)25)13-7-4-5-8-14(13)22(26)27/h4-5,7-8H,3,6,9-12H2,1-2H3/t20-/m1/s1. The molecule has 0 N–H and O–H groups in total. The minimum absolute atomic E-state index is 0.101. The van der Waals surface area contributed by atoms with Crippen molar-refractivity contribution in [1.29, 1.82) is 0 Å². The van der Waals surface area contributed by atoms with Crippen molar-refractivity contribution in [1.82, 2.24) is 4.90 Å². The van der Waals surface area contributed by atoms with E-state index in [1.165, 1.54) is 30.2 Å². The van der Waals surface area contributed by atoms with Gasteiger partial charge in [-0.15, -0.1) is 0 Å². The second kappa shape index (κ2) is 7.53. The molecular formula is C20H22N2O6. The molecule has 1 saturated heterocycles. The van der Waals surface area contributed by atoms with Gasteiger partial charge < -0.3 is 9.64 Å². The molecule has 1 fully saturated rings. The molecule has 8 nitrogen and oxygen atoms in total. The first kappa shape index (κ1) is 19.7. The molecule has 28 heavy (non-hydrogen) atoms. The highest BCUT2D eigenvalue weighted by Crippen LogP contribution is 2.52. The number of rotatable bonds is 6. The minimum atomic E-state index is -0.720. The van der Waals surface area contributed by atoms with Gasteiger partial charge in [0.1, 0.15) is 0 Å². The summed E-state index contributed by atoms with van der Waals surface area (Å²) in [6.07, 6.45) is 2.54. The summed E-state index contributed by atoms with van der Waals surface area (Å²) in [5.41, 5.74) is -0.0244. The van der Waals surface area contributed by atoms with Crippen LogP contribution < -0.4 is 0 Å². The SMILES string of the molecule is CC[C@]1(CCC(=O)OC)CCCN2C(=O)C(=O)C(c3ccccc3[N+](=O)[O-])=C21. The first-order valence-corrected chi connectivity index (χ1v) is 9.28. The Bertz CT molecular complexity index is 890. The Hall–Kier alpha value is -3.03. The highest BCUT2D eigenvalue weighted by atomic mass is 16.6. The van der Waals surface area contributed by atoms with Crippen LogP contribution in [0.4, 0.5) is 5.69 Å². The van der Waals surface area contributed by atoms with Crippen molar-refractivity contribution in [3.8, 4) is 0 Å². The van der Waals surface area contributed by atoms with Crippen molar-refractivity contribution < 1.29 is 24.0 Å². The number of methoxy groups -OCH3 is 1. The van der Waals surface area contributed by atoms with Crippen LogP contribution in [0.1, 0.15) is 44.6 Å². The fourth-order valence-electron chi connectivity index (χ4n) is 4.33. The molecule has 0 aliphatic carbocycles. The lowest BCUT2D eigenvalue weighted by Crippen LogP contribution is -2.42. The van der Waals surface area contributed by atoms with Gasteiger partial charge in [-0.05, 0) is 31.7 Å². The lowest BCUT2D eigenvalue weighted by Gasteiger charge is -2.43. The molecule has 1 amide bonds. The Labute approximate surface area is 162 Å². The van der Waals surface area contributed by atoms with Crippen LogP contribution in [0.25, 0.3) is 5.57 Å². The van der Waals surface area contributed by atoms with E-state index in [0.717, 1.165) is 0 Å². The van der Waals surface area contributed by atoms with Gasteiger partial charge in [0, 0.05) is 30.1 Å². The molecule has 1 atom stereocenters. The quantitative estimate of drug-likeness (QED) is 0.322. The second-order valence-corrected chi connectivity index (χ2v) is 7.10. The maximum atomic E-state index is 12.9. The summed E-state index contributed by atoms with van der Waals surface area (Å²) in [5.74, 6) is -1.74. The number of piperidine rings is 1. The number of amides is 1. The van der Waals surface area contributed by atoms with Crippen LogP contribution in [0.5, 0.6) is 0 Å². The number of hydrogen-bond donors (Lipinski definition) is 0. The van der Waals surface area contributed by atoms with Gasteiger partial charge in [-0.3, -0.25) is 24.5 Å². The number of Topliss-reactive ketones (excluding diaryl/α,β-unsaturated/α-hetero) is 1. The van der Waals surface area contributed by atoms with Crippen molar-refractivity contribution in [3.05, 3.63) is 45.6 Å². The number of nitrogens with zero attached hydrogens (tertiary/aromatic N) is 2. The van der Waals surface area contributed by atoms with E-state index in [1.54, 1.807) is 6.07 Å². The van der Waals surface area contributed by atoms with E-state index in [4.69, 9.17) is 4.74 Å². The maximum absolute atomic E-state index is 12.9. The van der Waals surface area contributed by atoms with Crippen LogP contribution >= 0.6 is 0 Å². The fourth-order valence-corrected chi connectivity index (χ4v) is 4.33. The van der Waals surface area contributed by atoms with Crippen LogP contribution in [-0.2, 0) is 19.1 Å². The van der Waals surface area contributed by atoms with Crippen molar-refractivity contribution >= 4 is 28.9 Å². The van der Waals surface area contributed by atoms with Crippen molar-refractivity contribution in [2.75, 3.05) is 13.7 Å². The molecule has 0 bridgehead atoms. The van der Waals surface area contributed by atoms with E-state index < -0.39 is 22.0 Å². The number of fused-ring (bicyclic) bond motifs is 1. The molecule has 1 aromatic carbocycles. The Morgan fingerprint density at radius 2 is 2.04 bits per heavy atom. The third-order valence-corrected chi connectivity index (χ3v) is 5.79. The van der Waals surface area contributed by atoms with Crippen LogP contribution in [-0.4, -0.2) is 41.1 Å². The topological polar surface area (TPSA) is 107 Å². The first-order chi connectivity index (χ1) is 13.4. The number of ether oxygens (including phenoxy) is 1. The van der Waals surface area contributed by atoms with Crippen LogP contribution in [0.2, 0.25) is 0 Å². The zero-order chi connectivity index (χ0) is 20.5. The van der Waals surface area contributed by atoms with E-state index in [1.807, 2.05) is 6.92 Å². The van der Waals surface area contributed by atoms with E-state index in [-0.39, 0.29) is 29.2 Å². The number of carbonyl (C=O) groups excluding carboxylic acids is 3. The lowest BCUT2D eigenvalue weighted by molar-refractivity contribution is -0.385. The molecular weight excluding hydrogens is 364 g/mol. The number of allylic oxidation sites excluding steroid dienone is 1. The molecule has 0 aromatic heterocycles. The van der Waals surface area contributed by atoms with Crippen molar-refractivity contribution in [2.45, 2.75) is 39.0 Å². The summed E-state index contributed by atoms with van der Waals surface area (Å²) in [6.45, 7) is 2.34. The van der Waals surface area contributed by atoms with Gasteiger partial charge >= 0.3 is 5.97 Å². The Morgan fingerprint density at radius 1 is 1.32 bits per heavy atom. The molecule has 2 aliphatic heterocycles. The molecule has 0 unspecified atom stereocenters. The van der Waals surface area contributed by atoms with Gasteiger partial charge in [-0.1, -0.05) is 19.1 Å². The zero-order valence-corrected chi connectivity index (χ0v) is 15.9. The predicted octanol–water partition coefficient (Wildman–Crippen LogP) is 2.86. The summed E-state index contributed by atoms with van der Waals surface area (Å²) in [6, 6.07) is 5.97. The first-order valence-electron chi connectivity index (χ1n) is 9.28. The normalized spacial score (nSPS) is 21.7. The largest absolute Gasteiger partial charge is 0.469 e. The van der Waals surface area contributed by atoms with Crippen LogP contribution in [0.3, 0.4) is 0 Å². The van der Waals surface area contributed by atoms with E-state index in [9.17, 15) is 24.5 Å². The number of esters is 1. The monoisotopic (exact) mass is 386 g/mol. The summed E-state index contributed by atoms with van der Waals surface area (Å²) < 4.78 is 4.75. The molecule has 8 heteroatoms. The Morgan fingerprint density at radius 3 is 2.68 bits per heavy atom. The predicted molar refractivity (Wildman–Crippen MR) is 99.9 cm³/mol. The molecule has 3 rings (SSSR count). The molecule has 0 radical (unpaired) electrons. The number of hydrogen-bond acceptors (Lipinski definition) is 6. The van der Waals surface area contributed by atoms with Gasteiger partial charge in [-0.2, -0.15) is 0 Å². The van der Waals surface area contributed by atoms with Gasteiger partial charge in [0.15, 0.2) is 0 Å². The van der Waals surface area contributed by atoms with Gasteiger partial charge in [0.25, 0.3) is 17.4 Å². The van der Waals surface area contributed by atoms with Gasteiger partial charge in [0.05, 0.1) is 23.2 Å². The number of nitro benzene ring substituents is 1. The average Bonchev–Trinajstić information content (AvgIpc) is 2.97. The highest BCUT2D eigenvalue weighted by molar-refractivity contribution is 6.57. The number of para-hydroxylation sites is 1. The molecule has 2 aliphatic rings. The Balaban J connectivity index is 2.22. The smallest absolute Gasteiger partial charge is 0.305 e. The van der Waals surface area contributed by atoms with Gasteiger partial charge in [-0.25, -0.2) is 0 Å². The summed E-state index contributed by atoms with van der Waals surface area (Å²) in [5, 5.41) is 11.5. The number of benzene rings is 1. The summed E-state index contributed by atoms with van der Waals surface area (Å²) in [7, 11) is 1.31. The highest BCUT2D eigenvalue weighted by Gasteiger charge is 2.51. The summed E-state index contributed by atoms with van der Waals surface area (Å²) in [4.78, 5) is 49.7. The number of ketones is 1. The van der Waals surface area contributed by atoms with Crippen LogP contribution in [0, 0.1) is 15.5 Å². The minimum Gasteiger partial charge on any atom is -0.469 e. The zero-order valence-electron chi connectivity index (χ0n) is 15.9. The number of nitro groups is 1. The van der Waals surface area contributed by atoms with Crippen molar-refractivity contribution in [3.63, 3.8) is 0 Å². The molecule has 0 spiro atoms. The van der Waals surface area contributed by atoms with Gasteiger partial charge in [0.2, 0.25) is 0 Å². The second-order valence-electron chi connectivity index (χ2n) is 7.10. The molecule has 1 aromatic rings. The third-order valence-electron chi connectivity index (χ3n) is 5.79. The average molecular weight is 386 g/mol. The number of carbonyl (C=O) groups is 3. The van der Waals surface area contributed by atoms with Crippen LogP contribution in [0.15, 0.2) is 30.0 Å². The van der Waals surface area contributed by atoms with E-state index >= 15 is 0 Å². The molecule has 0 saturated carbocycles. The summed E-state index contributed by atoms with van der Waals surface area (Å²) >= 11 is 0. The molecule has 2 heterocycles. The lowest BCUT2D eigenvalue weighted by atomic mass is 9.70.